The summed E-state index contributed by atoms with van der Waals surface area (Å²) in [6, 6.07) is 0.875. The monoisotopic (exact) mass is 252 g/mol. The molecule has 0 saturated carbocycles. The highest BCUT2D eigenvalue weighted by molar-refractivity contribution is 4.98. The van der Waals surface area contributed by atoms with Crippen molar-refractivity contribution in [1.29, 1.82) is 0 Å². The lowest BCUT2D eigenvalue weighted by Crippen LogP contribution is -2.39. The van der Waals surface area contributed by atoms with Gasteiger partial charge in [-0.25, -0.2) is 0 Å². The van der Waals surface area contributed by atoms with E-state index in [1.54, 1.807) is 0 Å². The quantitative estimate of drug-likeness (QED) is 0.865. The Kier molecular flexibility index (Phi) is 4.72. The summed E-state index contributed by atoms with van der Waals surface area (Å²) in [5, 5.41) is 7.26. The number of hydrogen-bond donors (Lipinski definition) is 1. The summed E-state index contributed by atoms with van der Waals surface area (Å²) in [5.74, 6) is 1.61. The van der Waals surface area contributed by atoms with Gasteiger partial charge in [-0.2, -0.15) is 4.98 Å². The Labute approximate surface area is 109 Å². The van der Waals surface area contributed by atoms with E-state index >= 15 is 0 Å². The van der Waals surface area contributed by atoms with Gasteiger partial charge in [0.05, 0.1) is 6.04 Å². The Bertz CT molecular complexity index is 364. The first-order valence-electron chi connectivity index (χ1n) is 6.95. The molecule has 1 aromatic heterocycles. The summed E-state index contributed by atoms with van der Waals surface area (Å²) >= 11 is 0. The molecular weight excluding hydrogens is 228 g/mol. The third-order valence-corrected chi connectivity index (χ3v) is 3.58. The summed E-state index contributed by atoms with van der Waals surface area (Å²) < 4.78 is 5.32. The maximum atomic E-state index is 5.32. The highest BCUT2D eigenvalue weighted by atomic mass is 16.5. The Balaban J connectivity index is 2.06. The molecule has 0 radical (unpaired) electrons. The van der Waals surface area contributed by atoms with Crippen LogP contribution in [0.3, 0.4) is 0 Å². The third-order valence-electron chi connectivity index (χ3n) is 3.58. The minimum Gasteiger partial charge on any atom is -0.339 e. The van der Waals surface area contributed by atoms with Crippen molar-refractivity contribution in [3.8, 4) is 0 Å². The average Bonchev–Trinajstić information content (AvgIpc) is 2.85. The van der Waals surface area contributed by atoms with Gasteiger partial charge < -0.3 is 9.84 Å². The molecule has 0 amide bonds. The number of aromatic nitrogens is 2. The molecule has 1 unspecified atom stereocenters. The third kappa shape index (κ3) is 3.09. The van der Waals surface area contributed by atoms with Crippen LogP contribution in [0.5, 0.6) is 0 Å². The average molecular weight is 252 g/mol. The smallest absolute Gasteiger partial charge is 0.227 e. The van der Waals surface area contributed by atoms with Gasteiger partial charge in [0.15, 0.2) is 5.82 Å². The van der Waals surface area contributed by atoms with Gasteiger partial charge in [-0.1, -0.05) is 11.6 Å². The summed E-state index contributed by atoms with van der Waals surface area (Å²) in [7, 11) is 1.93. The molecule has 5 nitrogen and oxygen atoms in total. The van der Waals surface area contributed by atoms with E-state index in [1.165, 1.54) is 12.8 Å². The Morgan fingerprint density at radius 2 is 2.28 bits per heavy atom. The molecule has 1 saturated heterocycles. The molecule has 1 aliphatic rings. The molecule has 1 aromatic rings. The van der Waals surface area contributed by atoms with E-state index in [4.69, 9.17) is 4.52 Å². The Morgan fingerprint density at radius 3 is 3.00 bits per heavy atom. The highest BCUT2D eigenvalue weighted by Gasteiger charge is 2.29. The van der Waals surface area contributed by atoms with Crippen LogP contribution in [0.25, 0.3) is 0 Å². The fraction of sp³-hybridized carbons (Fsp3) is 0.846. The van der Waals surface area contributed by atoms with Crippen LogP contribution in [0.2, 0.25) is 0 Å². The van der Waals surface area contributed by atoms with E-state index in [1.807, 2.05) is 7.05 Å². The minimum atomic E-state index is 0.339. The zero-order chi connectivity index (χ0) is 13.0. The van der Waals surface area contributed by atoms with Crippen LogP contribution in [0, 0.1) is 0 Å². The van der Waals surface area contributed by atoms with E-state index in [0.29, 0.717) is 12.1 Å². The maximum absolute atomic E-state index is 5.32. The van der Waals surface area contributed by atoms with Crippen LogP contribution in [0.1, 0.15) is 50.9 Å². The molecule has 5 heteroatoms. The topological polar surface area (TPSA) is 54.2 Å². The number of piperidine rings is 1. The van der Waals surface area contributed by atoms with Gasteiger partial charge >= 0.3 is 0 Å². The van der Waals surface area contributed by atoms with Crippen LogP contribution >= 0.6 is 0 Å². The van der Waals surface area contributed by atoms with E-state index in [0.717, 1.165) is 37.6 Å². The van der Waals surface area contributed by atoms with Gasteiger partial charge in [0.1, 0.15) is 0 Å². The molecule has 102 valence electrons. The number of likely N-dealkylation sites (N-methyl/N-ethyl adjacent to an activating group) is 1. The van der Waals surface area contributed by atoms with Gasteiger partial charge in [0.2, 0.25) is 5.89 Å². The van der Waals surface area contributed by atoms with Crippen LogP contribution in [-0.2, 0) is 6.42 Å². The van der Waals surface area contributed by atoms with Gasteiger partial charge in [0.25, 0.3) is 0 Å². The second kappa shape index (κ2) is 6.29. The van der Waals surface area contributed by atoms with Crippen LogP contribution in [0.15, 0.2) is 4.52 Å². The second-order valence-electron chi connectivity index (χ2n) is 5.24. The number of likely N-dealkylation sites (tertiary alicyclic amines) is 1. The number of hydrogen-bond acceptors (Lipinski definition) is 5. The van der Waals surface area contributed by atoms with Crippen molar-refractivity contribution in [2.75, 3.05) is 20.1 Å². The van der Waals surface area contributed by atoms with Crippen molar-refractivity contribution in [1.82, 2.24) is 20.4 Å². The molecule has 1 atom stereocenters. The molecule has 1 aliphatic heterocycles. The molecule has 1 N–H and O–H groups in total. The van der Waals surface area contributed by atoms with Crippen LogP contribution in [0.4, 0.5) is 0 Å². The maximum Gasteiger partial charge on any atom is 0.227 e. The lowest BCUT2D eigenvalue weighted by atomic mass is 10.00. The summed E-state index contributed by atoms with van der Waals surface area (Å²) in [4.78, 5) is 7.03. The van der Waals surface area contributed by atoms with E-state index in [2.05, 4.69) is 34.2 Å². The first-order chi connectivity index (χ1) is 8.72. The van der Waals surface area contributed by atoms with Crippen LogP contribution < -0.4 is 5.32 Å². The van der Waals surface area contributed by atoms with Gasteiger partial charge in [-0.05, 0) is 40.3 Å². The standard InChI is InChI=1S/C13H24N4O/c1-10(2)17-9-5-4-6-11(17)13-15-12(18-16-13)7-8-14-3/h10-11,14H,4-9H2,1-3H3. The molecule has 0 aromatic carbocycles. The predicted molar refractivity (Wildman–Crippen MR) is 70.4 cm³/mol. The van der Waals surface area contributed by atoms with Gasteiger partial charge in [-0.3, -0.25) is 4.90 Å². The Morgan fingerprint density at radius 1 is 1.44 bits per heavy atom. The van der Waals surface area contributed by atoms with Crippen LogP contribution in [-0.4, -0.2) is 41.2 Å². The number of nitrogens with one attached hydrogen (secondary N) is 1. The lowest BCUT2D eigenvalue weighted by molar-refractivity contribution is 0.104. The first-order valence-corrected chi connectivity index (χ1v) is 6.95. The number of rotatable bonds is 5. The van der Waals surface area contributed by atoms with E-state index in [-0.39, 0.29) is 0 Å². The molecule has 0 aliphatic carbocycles. The molecule has 18 heavy (non-hydrogen) atoms. The normalized spacial score (nSPS) is 21.7. The number of nitrogens with zero attached hydrogens (tertiary/aromatic N) is 3. The fourth-order valence-corrected chi connectivity index (χ4v) is 2.59. The summed E-state index contributed by atoms with van der Waals surface area (Å²) in [5.41, 5.74) is 0. The SMILES string of the molecule is CNCCc1nc(C2CCCCN2C(C)C)no1. The largest absolute Gasteiger partial charge is 0.339 e. The summed E-state index contributed by atoms with van der Waals surface area (Å²) in [6.45, 7) is 6.49. The summed E-state index contributed by atoms with van der Waals surface area (Å²) in [6.07, 6.45) is 4.48. The van der Waals surface area contributed by atoms with Crippen molar-refractivity contribution in [2.24, 2.45) is 0 Å². The highest BCUT2D eigenvalue weighted by Crippen LogP contribution is 2.30. The lowest BCUT2D eigenvalue weighted by Gasteiger charge is -2.36. The van der Waals surface area contributed by atoms with Crippen molar-refractivity contribution < 1.29 is 4.52 Å². The van der Waals surface area contributed by atoms with E-state index < -0.39 is 0 Å². The molecule has 2 heterocycles. The second-order valence-corrected chi connectivity index (χ2v) is 5.24. The molecule has 2 rings (SSSR count). The minimum absolute atomic E-state index is 0.339. The Hall–Kier alpha value is -0.940. The molecule has 0 spiro atoms. The fourth-order valence-electron chi connectivity index (χ4n) is 2.59. The van der Waals surface area contributed by atoms with Crippen molar-refractivity contribution in [3.63, 3.8) is 0 Å². The van der Waals surface area contributed by atoms with Crippen molar-refractivity contribution in [2.45, 2.75) is 51.6 Å². The van der Waals surface area contributed by atoms with Crippen molar-refractivity contribution >= 4 is 0 Å². The van der Waals surface area contributed by atoms with Gasteiger partial charge in [-0.15, -0.1) is 0 Å². The zero-order valence-electron chi connectivity index (χ0n) is 11.6. The zero-order valence-corrected chi connectivity index (χ0v) is 11.6. The predicted octanol–water partition coefficient (Wildman–Crippen LogP) is 1.77. The molecule has 1 fully saturated rings. The van der Waals surface area contributed by atoms with Crippen molar-refractivity contribution in [3.05, 3.63) is 11.7 Å². The molecular formula is C13H24N4O. The van der Waals surface area contributed by atoms with E-state index in [9.17, 15) is 0 Å². The van der Waals surface area contributed by atoms with Gasteiger partial charge in [0, 0.05) is 19.0 Å². The first kappa shape index (κ1) is 13.5. The molecule has 0 bridgehead atoms.